The first-order valence-corrected chi connectivity index (χ1v) is 2.78. The van der Waals surface area contributed by atoms with E-state index in [2.05, 4.69) is 13.2 Å². The topological polar surface area (TPSA) is 57.5 Å². The average Bonchev–Trinajstić information content (AvgIpc) is 1.82. The van der Waals surface area contributed by atoms with Gasteiger partial charge in [0.15, 0.2) is 0 Å². The van der Waals surface area contributed by atoms with Crippen LogP contribution in [0.15, 0.2) is 25.3 Å². The lowest BCUT2D eigenvalue weighted by Gasteiger charge is -1.76. The number of carbonyl (C=O) groups is 1. The SMILES string of the molecule is C=CCCC=C.O=C(O)O. The summed E-state index contributed by atoms with van der Waals surface area (Å²) in [5.74, 6) is 0. The summed E-state index contributed by atoms with van der Waals surface area (Å²) < 4.78 is 0. The fraction of sp³-hybridized carbons (Fsp3) is 0.286. The first-order valence-electron chi connectivity index (χ1n) is 2.78. The summed E-state index contributed by atoms with van der Waals surface area (Å²) in [4.78, 5) is 8.56. The number of carboxylic acid groups (broad SMARTS) is 2. The molecule has 0 heterocycles. The van der Waals surface area contributed by atoms with Crippen molar-refractivity contribution in [3.63, 3.8) is 0 Å². The Kier molecular flexibility index (Phi) is 12.3. The number of rotatable bonds is 3. The van der Waals surface area contributed by atoms with Gasteiger partial charge in [0.25, 0.3) is 0 Å². The van der Waals surface area contributed by atoms with E-state index in [9.17, 15) is 0 Å². The average molecular weight is 144 g/mol. The second-order valence-corrected chi connectivity index (χ2v) is 1.44. The molecule has 0 unspecified atom stereocenters. The highest BCUT2D eigenvalue weighted by atomic mass is 16.6. The third kappa shape index (κ3) is 72.9. The fourth-order valence-electron chi connectivity index (χ4n) is 0.236. The van der Waals surface area contributed by atoms with Gasteiger partial charge in [-0.1, -0.05) is 12.2 Å². The van der Waals surface area contributed by atoms with Crippen molar-refractivity contribution in [2.75, 3.05) is 0 Å². The summed E-state index contributed by atoms with van der Waals surface area (Å²) in [6.07, 6.45) is 4.07. The van der Waals surface area contributed by atoms with E-state index >= 15 is 0 Å². The smallest absolute Gasteiger partial charge is 0.450 e. The minimum atomic E-state index is -1.83. The first kappa shape index (κ1) is 11.5. The van der Waals surface area contributed by atoms with Crippen LogP contribution in [0.3, 0.4) is 0 Å². The zero-order valence-electron chi connectivity index (χ0n) is 5.79. The largest absolute Gasteiger partial charge is 0.503 e. The fourth-order valence-corrected chi connectivity index (χ4v) is 0.236. The molecule has 0 fully saturated rings. The van der Waals surface area contributed by atoms with E-state index in [-0.39, 0.29) is 0 Å². The summed E-state index contributed by atoms with van der Waals surface area (Å²) in [5.41, 5.74) is 0. The molecular weight excluding hydrogens is 132 g/mol. The molecule has 3 nitrogen and oxygen atoms in total. The number of hydrogen-bond acceptors (Lipinski definition) is 1. The van der Waals surface area contributed by atoms with Crippen LogP contribution in [0.25, 0.3) is 0 Å². The third-order valence-electron chi connectivity index (χ3n) is 0.575. The van der Waals surface area contributed by atoms with Gasteiger partial charge in [0.2, 0.25) is 0 Å². The van der Waals surface area contributed by atoms with Gasteiger partial charge in [0.05, 0.1) is 0 Å². The number of unbranched alkanes of at least 4 members (excludes halogenated alkanes) is 1. The van der Waals surface area contributed by atoms with Crippen molar-refractivity contribution < 1.29 is 15.0 Å². The van der Waals surface area contributed by atoms with E-state index in [1.165, 1.54) is 0 Å². The molecule has 0 saturated heterocycles. The Morgan fingerprint density at radius 2 is 1.40 bits per heavy atom. The molecule has 2 N–H and O–H groups in total. The third-order valence-corrected chi connectivity index (χ3v) is 0.575. The molecule has 0 aromatic rings. The van der Waals surface area contributed by atoms with Crippen molar-refractivity contribution >= 4 is 6.16 Å². The van der Waals surface area contributed by atoms with Crippen molar-refractivity contribution in [3.8, 4) is 0 Å². The lowest BCUT2D eigenvalue weighted by molar-refractivity contribution is 0.137. The molecule has 0 saturated carbocycles. The van der Waals surface area contributed by atoms with Crippen molar-refractivity contribution in [1.82, 2.24) is 0 Å². The Labute approximate surface area is 60.3 Å². The Bertz CT molecular complexity index is 95.4. The molecule has 0 bridgehead atoms. The van der Waals surface area contributed by atoms with Gasteiger partial charge in [-0.05, 0) is 12.8 Å². The molecule has 0 amide bonds. The van der Waals surface area contributed by atoms with Gasteiger partial charge in [-0.2, -0.15) is 0 Å². The van der Waals surface area contributed by atoms with Crippen LogP contribution in [-0.4, -0.2) is 16.4 Å². The molecule has 0 aliphatic heterocycles. The Balaban J connectivity index is 0. The molecule has 0 radical (unpaired) electrons. The highest BCUT2D eigenvalue weighted by Crippen LogP contribution is 1.86. The molecule has 0 aliphatic rings. The van der Waals surface area contributed by atoms with Crippen LogP contribution < -0.4 is 0 Å². The lowest BCUT2D eigenvalue weighted by atomic mass is 10.3. The maximum absolute atomic E-state index is 8.56. The van der Waals surface area contributed by atoms with Gasteiger partial charge in [0, 0.05) is 0 Å². The molecule has 0 atom stereocenters. The molecule has 10 heavy (non-hydrogen) atoms. The van der Waals surface area contributed by atoms with Crippen LogP contribution in [-0.2, 0) is 0 Å². The predicted octanol–water partition coefficient (Wildman–Crippen LogP) is 2.36. The van der Waals surface area contributed by atoms with Crippen molar-refractivity contribution in [1.29, 1.82) is 0 Å². The van der Waals surface area contributed by atoms with Crippen LogP contribution in [0.4, 0.5) is 4.79 Å². The second kappa shape index (κ2) is 10.7. The van der Waals surface area contributed by atoms with Crippen molar-refractivity contribution in [2.24, 2.45) is 0 Å². The first-order chi connectivity index (χ1) is 4.65. The molecule has 0 rings (SSSR count). The molecular formula is C7H12O3. The second-order valence-electron chi connectivity index (χ2n) is 1.44. The highest BCUT2D eigenvalue weighted by Gasteiger charge is 1.70. The molecule has 0 aliphatic carbocycles. The standard InChI is InChI=1S/C6H10.CH2O3/c1-3-5-6-4-2;2-1(3)4/h3-4H,1-2,5-6H2;(H2,2,3,4). The maximum atomic E-state index is 8.56. The maximum Gasteiger partial charge on any atom is 0.503 e. The van der Waals surface area contributed by atoms with Crippen LogP contribution in [0.2, 0.25) is 0 Å². The zero-order chi connectivity index (χ0) is 8.41. The Morgan fingerprint density at radius 3 is 1.50 bits per heavy atom. The van der Waals surface area contributed by atoms with Crippen LogP contribution >= 0.6 is 0 Å². The normalized spacial score (nSPS) is 6.80. The van der Waals surface area contributed by atoms with E-state index in [1.807, 2.05) is 12.2 Å². The monoisotopic (exact) mass is 144 g/mol. The van der Waals surface area contributed by atoms with Gasteiger partial charge in [-0.3, -0.25) is 0 Å². The van der Waals surface area contributed by atoms with E-state index in [0.29, 0.717) is 0 Å². The minimum absolute atomic E-state index is 1.06. The van der Waals surface area contributed by atoms with Crippen LogP contribution in [0.1, 0.15) is 12.8 Å². The lowest BCUT2D eigenvalue weighted by Crippen LogP contribution is -1.81. The molecule has 0 aromatic carbocycles. The summed E-state index contributed by atoms with van der Waals surface area (Å²) in [6, 6.07) is 0. The number of hydrogen-bond donors (Lipinski definition) is 2. The predicted molar refractivity (Wildman–Crippen MR) is 40.3 cm³/mol. The van der Waals surface area contributed by atoms with Gasteiger partial charge < -0.3 is 10.2 Å². The van der Waals surface area contributed by atoms with Crippen LogP contribution in [0, 0.1) is 0 Å². The molecule has 3 heteroatoms. The van der Waals surface area contributed by atoms with Crippen molar-refractivity contribution in [2.45, 2.75) is 12.8 Å². The van der Waals surface area contributed by atoms with E-state index in [0.717, 1.165) is 12.8 Å². The molecule has 58 valence electrons. The quantitative estimate of drug-likeness (QED) is 0.472. The zero-order valence-corrected chi connectivity index (χ0v) is 5.79. The summed E-state index contributed by atoms with van der Waals surface area (Å²) in [7, 11) is 0. The van der Waals surface area contributed by atoms with E-state index < -0.39 is 6.16 Å². The van der Waals surface area contributed by atoms with E-state index in [4.69, 9.17) is 15.0 Å². The van der Waals surface area contributed by atoms with Gasteiger partial charge >= 0.3 is 6.16 Å². The van der Waals surface area contributed by atoms with Gasteiger partial charge in [-0.25, -0.2) is 4.79 Å². The summed E-state index contributed by atoms with van der Waals surface area (Å²) in [6.45, 7) is 7.10. The van der Waals surface area contributed by atoms with Crippen LogP contribution in [0.5, 0.6) is 0 Å². The number of allylic oxidation sites excluding steroid dienone is 2. The van der Waals surface area contributed by atoms with Crippen molar-refractivity contribution in [3.05, 3.63) is 25.3 Å². The van der Waals surface area contributed by atoms with Gasteiger partial charge in [-0.15, -0.1) is 13.2 Å². The summed E-state index contributed by atoms with van der Waals surface area (Å²) in [5, 5.41) is 13.9. The van der Waals surface area contributed by atoms with E-state index in [1.54, 1.807) is 0 Å². The molecule has 0 spiro atoms. The minimum Gasteiger partial charge on any atom is -0.450 e. The molecule has 0 aromatic heterocycles. The Morgan fingerprint density at radius 1 is 1.20 bits per heavy atom. The highest BCUT2D eigenvalue weighted by molar-refractivity contribution is 5.53. The Hall–Kier alpha value is -1.25. The van der Waals surface area contributed by atoms with Gasteiger partial charge in [0.1, 0.15) is 0 Å². The summed E-state index contributed by atoms with van der Waals surface area (Å²) >= 11 is 0.